The summed E-state index contributed by atoms with van der Waals surface area (Å²) in [6, 6.07) is 5.16. The standard InChI is InChI=1S/C17H25N3O5/c1-12(2)25-9-5-8-18-16(21)17(22)20-19-11-13-6-7-14(23-3)15(10-13)24-4/h6-7,10-12H,5,8-9H2,1-4H3,(H,18,21)(H,20,22)/b19-11+. The number of hydrogen-bond acceptors (Lipinski definition) is 6. The minimum atomic E-state index is -0.832. The zero-order chi connectivity index (χ0) is 18.7. The summed E-state index contributed by atoms with van der Waals surface area (Å²) in [6.45, 7) is 4.75. The van der Waals surface area contributed by atoms with Gasteiger partial charge in [0.1, 0.15) is 0 Å². The summed E-state index contributed by atoms with van der Waals surface area (Å²) in [4.78, 5) is 23.2. The number of benzene rings is 1. The van der Waals surface area contributed by atoms with Crippen LogP contribution in [0.25, 0.3) is 0 Å². The Morgan fingerprint density at radius 1 is 1.16 bits per heavy atom. The third kappa shape index (κ3) is 7.67. The quantitative estimate of drug-likeness (QED) is 0.300. The fourth-order valence-corrected chi connectivity index (χ4v) is 1.82. The molecule has 0 saturated carbocycles. The van der Waals surface area contributed by atoms with Crippen LogP contribution in [0.15, 0.2) is 23.3 Å². The van der Waals surface area contributed by atoms with Crippen molar-refractivity contribution in [2.45, 2.75) is 26.4 Å². The Labute approximate surface area is 147 Å². The molecule has 0 fully saturated rings. The SMILES string of the molecule is COc1ccc(/C=N/NC(=O)C(=O)NCCCOC(C)C)cc1OC. The van der Waals surface area contributed by atoms with Crippen molar-refractivity contribution >= 4 is 18.0 Å². The van der Waals surface area contributed by atoms with Crippen LogP contribution in [0.3, 0.4) is 0 Å². The third-order valence-electron chi connectivity index (χ3n) is 3.05. The Kier molecular flexibility index (Phi) is 9.02. The van der Waals surface area contributed by atoms with E-state index in [0.29, 0.717) is 36.6 Å². The highest BCUT2D eigenvalue weighted by molar-refractivity contribution is 6.35. The zero-order valence-corrected chi connectivity index (χ0v) is 15.0. The number of nitrogens with one attached hydrogen (secondary N) is 2. The molecule has 0 aliphatic carbocycles. The molecule has 8 heteroatoms. The number of methoxy groups -OCH3 is 2. The molecule has 25 heavy (non-hydrogen) atoms. The number of rotatable bonds is 9. The first-order chi connectivity index (χ1) is 12.0. The molecular formula is C17H25N3O5. The molecule has 2 N–H and O–H groups in total. The summed E-state index contributed by atoms with van der Waals surface area (Å²) in [6.07, 6.45) is 2.18. The average molecular weight is 351 g/mol. The summed E-state index contributed by atoms with van der Waals surface area (Å²) in [5.41, 5.74) is 2.86. The van der Waals surface area contributed by atoms with E-state index in [1.54, 1.807) is 25.3 Å². The number of nitrogens with zero attached hydrogens (tertiary/aromatic N) is 1. The fourth-order valence-electron chi connectivity index (χ4n) is 1.82. The Hall–Kier alpha value is -2.61. The highest BCUT2D eigenvalue weighted by atomic mass is 16.5. The molecule has 1 rings (SSSR count). The van der Waals surface area contributed by atoms with E-state index in [1.807, 2.05) is 13.8 Å². The maximum Gasteiger partial charge on any atom is 0.329 e. The van der Waals surface area contributed by atoms with Gasteiger partial charge in [0.05, 0.1) is 26.5 Å². The largest absolute Gasteiger partial charge is 0.493 e. The number of ether oxygens (including phenoxy) is 3. The number of carbonyl (C=O) groups is 2. The Morgan fingerprint density at radius 2 is 1.88 bits per heavy atom. The Bertz CT molecular complexity index is 602. The molecule has 0 aromatic heterocycles. The van der Waals surface area contributed by atoms with Crippen LogP contribution >= 0.6 is 0 Å². The van der Waals surface area contributed by atoms with Crippen molar-refractivity contribution in [3.05, 3.63) is 23.8 Å². The number of amides is 2. The molecule has 0 unspecified atom stereocenters. The maximum absolute atomic E-state index is 11.6. The van der Waals surface area contributed by atoms with E-state index < -0.39 is 11.8 Å². The van der Waals surface area contributed by atoms with Crippen LogP contribution in [0.4, 0.5) is 0 Å². The summed E-state index contributed by atoms with van der Waals surface area (Å²) in [7, 11) is 3.07. The third-order valence-corrected chi connectivity index (χ3v) is 3.05. The van der Waals surface area contributed by atoms with Crippen molar-refractivity contribution < 1.29 is 23.8 Å². The maximum atomic E-state index is 11.6. The van der Waals surface area contributed by atoms with E-state index >= 15 is 0 Å². The molecule has 0 bridgehead atoms. The predicted octanol–water partition coefficient (Wildman–Crippen LogP) is 1.09. The van der Waals surface area contributed by atoms with Crippen LogP contribution in [0.5, 0.6) is 11.5 Å². The van der Waals surface area contributed by atoms with Gasteiger partial charge in [-0.1, -0.05) is 0 Å². The normalized spacial score (nSPS) is 10.8. The second-order valence-electron chi connectivity index (χ2n) is 5.34. The van der Waals surface area contributed by atoms with Gasteiger partial charge in [-0.05, 0) is 44.0 Å². The molecule has 0 saturated heterocycles. The Morgan fingerprint density at radius 3 is 2.52 bits per heavy atom. The van der Waals surface area contributed by atoms with E-state index in [2.05, 4.69) is 15.8 Å². The van der Waals surface area contributed by atoms with Gasteiger partial charge in [0, 0.05) is 13.2 Å². The number of hydrazone groups is 1. The highest BCUT2D eigenvalue weighted by Crippen LogP contribution is 2.26. The lowest BCUT2D eigenvalue weighted by molar-refractivity contribution is -0.139. The van der Waals surface area contributed by atoms with Crippen LogP contribution in [0.1, 0.15) is 25.8 Å². The molecule has 0 heterocycles. The van der Waals surface area contributed by atoms with E-state index in [-0.39, 0.29) is 6.10 Å². The van der Waals surface area contributed by atoms with Gasteiger partial charge < -0.3 is 19.5 Å². The predicted molar refractivity (Wildman–Crippen MR) is 94.0 cm³/mol. The van der Waals surface area contributed by atoms with Crippen molar-refractivity contribution in [2.24, 2.45) is 5.10 Å². The summed E-state index contributed by atoms with van der Waals surface area (Å²) in [5.74, 6) is -0.445. The van der Waals surface area contributed by atoms with Gasteiger partial charge in [0.2, 0.25) is 0 Å². The molecule has 1 aromatic carbocycles. The van der Waals surface area contributed by atoms with Crippen LogP contribution in [0.2, 0.25) is 0 Å². The lowest BCUT2D eigenvalue weighted by Gasteiger charge is -2.08. The Balaban J connectivity index is 2.39. The van der Waals surface area contributed by atoms with Crippen molar-refractivity contribution in [2.75, 3.05) is 27.4 Å². The molecule has 138 valence electrons. The molecule has 0 aliphatic rings. The minimum absolute atomic E-state index is 0.143. The lowest BCUT2D eigenvalue weighted by Crippen LogP contribution is -2.38. The first-order valence-electron chi connectivity index (χ1n) is 7.92. The van der Waals surface area contributed by atoms with Crippen molar-refractivity contribution in [1.29, 1.82) is 0 Å². The summed E-state index contributed by atoms with van der Waals surface area (Å²) >= 11 is 0. The van der Waals surface area contributed by atoms with E-state index in [0.717, 1.165) is 0 Å². The first kappa shape index (κ1) is 20.4. The fraction of sp³-hybridized carbons (Fsp3) is 0.471. The van der Waals surface area contributed by atoms with Crippen LogP contribution in [-0.4, -0.2) is 51.5 Å². The molecular weight excluding hydrogens is 326 g/mol. The molecule has 2 amide bonds. The minimum Gasteiger partial charge on any atom is -0.493 e. The molecule has 0 atom stereocenters. The average Bonchev–Trinajstić information content (AvgIpc) is 2.60. The number of carbonyl (C=O) groups excluding carboxylic acids is 2. The van der Waals surface area contributed by atoms with Gasteiger partial charge in [0.15, 0.2) is 11.5 Å². The monoisotopic (exact) mass is 351 g/mol. The van der Waals surface area contributed by atoms with Gasteiger partial charge in [0.25, 0.3) is 0 Å². The smallest absolute Gasteiger partial charge is 0.329 e. The highest BCUT2D eigenvalue weighted by Gasteiger charge is 2.11. The van der Waals surface area contributed by atoms with Gasteiger partial charge in [-0.15, -0.1) is 0 Å². The van der Waals surface area contributed by atoms with Gasteiger partial charge in [-0.2, -0.15) is 5.10 Å². The lowest BCUT2D eigenvalue weighted by atomic mass is 10.2. The zero-order valence-electron chi connectivity index (χ0n) is 15.0. The van der Waals surface area contributed by atoms with Crippen LogP contribution in [-0.2, 0) is 14.3 Å². The second kappa shape index (κ2) is 11.0. The van der Waals surface area contributed by atoms with Crippen molar-refractivity contribution in [3.8, 4) is 11.5 Å². The van der Waals surface area contributed by atoms with E-state index in [4.69, 9.17) is 14.2 Å². The van der Waals surface area contributed by atoms with Crippen LogP contribution < -0.4 is 20.2 Å². The summed E-state index contributed by atoms with van der Waals surface area (Å²) < 4.78 is 15.6. The van der Waals surface area contributed by atoms with E-state index in [9.17, 15) is 9.59 Å². The number of hydrogen-bond donors (Lipinski definition) is 2. The first-order valence-corrected chi connectivity index (χ1v) is 7.92. The van der Waals surface area contributed by atoms with Gasteiger partial charge >= 0.3 is 11.8 Å². The topological polar surface area (TPSA) is 98.2 Å². The molecule has 0 spiro atoms. The van der Waals surface area contributed by atoms with Gasteiger partial charge in [-0.3, -0.25) is 9.59 Å². The van der Waals surface area contributed by atoms with E-state index in [1.165, 1.54) is 13.3 Å². The second-order valence-corrected chi connectivity index (χ2v) is 5.34. The molecule has 0 radical (unpaired) electrons. The van der Waals surface area contributed by atoms with Crippen LogP contribution in [0, 0.1) is 0 Å². The van der Waals surface area contributed by atoms with Gasteiger partial charge in [-0.25, -0.2) is 5.43 Å². The van der Waals surface area contributed by atoms with Crippen molar-refractivity contribution in [1.82, 2.24) is 10.7 Å². The summed E-state index contributed by atoms with van der Waals surface area (Å²) in [5, 5.41) is 6.25. The van der Waals surface area contributed by atoms with Crippen molar-refractivity contribution in [3.63, 3.8) is 0 Å². The molecule has 8 nitrogen and oxygen atoms in total. The molecule has 1 aromatic rings. The molecule has 0 aliphatic heterocycles.